The Morgan fingerprint density at radius 2 is 2.07 bits per heavy atom. The number of benzene rings is 1. The minimum absolute atomic E-state index is 0.0587. The van der Waals surface area contributed by atoms with Gasteiger partial charge in [-0.25, -0.2) is 0 Å². The lowest BCUT2D eigenvalue weighted by Gasteiger charge is -2.07. The number of aromatic nitrogens is 1. The highest BCUT2D eigenvalue weighted by Gasteiger charge is 2.05. The monoisotopic (exact) mass is 203 g/mol. The van der Waals surface area contributed by atoms with Crippen LogP contribution in [0.4, 0.5) is 0 Å². The fraction of sp³-hybridized carbons (Fsp3) is 0.250. The molecule has 0 aliphatic heterocycles. The van der Waals surface area contributed by atoms with Crippen LogP contribution in [0.5, 0.6) is 5.75 Å². The molecular weight excluding hydrogens is 190 g/mol. The highest BCUT2D eigenvalue weighted by Crippen LogP contribution is 2.23. The van der Waals surface area contributed by atoms with E-state index in [-0.39, 0.29) is 11.3 Å². The third-order valence-corrected chi connectivity index (χ3v) is 2.70. The Morgan fingerprint density at radius 1 is 1.33 bits per heavy atom. The topological polar surface area (TPSA) is 42.2 Å². The Labute approximate surface area is 87.6 Å². The Bertz CT molecular complexity index is 570. The van der Waals surface area contributed by atoms with Crippen LogP contribution in [0.15, 0.2) is 29.1 Å². The molecule has 3 nitrogen and oxygen atoms in total. The summed E-state index contributed by atoms with van der Waals surface area (Å²) in [6, 6.07) is 7.02. The van der Waals surface area contributed by atoms with E-state index in [9.17, 15) is 9.90 Å². The number of nitrogens with zero attached hydrogens (tertiary/aromatic N) is 1. The number of rotatable bonds is 1. The van der Waals surface area contributed by atoms with Gasteiger partial charge in [0.1, 0.15) is 5.75 Å². The summed E-state index contributed by atoms with van der Waals surface area (Å²) in [5.74, 6) is 0.0587. The van der Waals surface area contributed by atoms with Gasteiger partial charge in [0.05, 0.1) is 5.52 Å². The number of aromatic hydroxyl groups is 1. The molecular formula is C12H13NO2. The zero-order chi connectivity index (χ0) is 11.0. The number of hydrogen-bond donors (Lipinski definition) is 1. The van der Waals surface area contributed by atoms with Crippen molar-refractivity contribution in [2.45, 2.75) is 13.3 Å². The summed E-state index contributed by atoms with van der Waals surface area (Å²) in [6.45, 7) is 2.06. The summed E-state index contributed by atoms with van der Waals surface area (Å²) in [5, 5.41) is 10.4. The van der Waals surface area contributed by atoms with Crippen LogP contribution in [0.3, 0.4) is 0 Å². The number of hydrogen-bond acceptors (Lipinski definition) is 2. The maximum absolute atomic E-state index is 11.4. The molecule has 0 saturated heterocycles. The van der Waals surface area contributed by atoms with E-state index in [1.807, 2.05) is 18.2 Å². The summed E-state index contributed by atoms with van der Waals surface area (Å²) < 4.78 is 1.54. The van der Waals surface area contributed by atoms with Crippen molar-refractivity contribution in [2.75, 3.05) is 0 Å². The summed E-state index contributed by atoms with van der Waals surface area (Å²) in [5.41, 5.74) is 1.72. The van der Waals surface area contributed by atoms with Gasteiger partial charge in [-0.05, 0) is 24.1 Å². The van der Waals surface area contributed by atoms with Crippen LogP contribution in [0.25, 0.3) is 10.9 Å². The highest BCUT2D eigenvalue weighted by molar-refractivity contribution is 5.85. The quantitative estimate of drug-likeness (QED) is 0.768. The zero-order valence-corrected chi connectivity index (χ0v) is 8.82. The van der Waals surface area contributed by atoms with Crippen molar-refractivity contribution in [1.82, 2.24) is 4.57 Å². The van der Waals surface area contributed by atoms with E-state index in [1.165, 1.54) is 10.6 Å². The van der Waals surface area contributed by atoms with Crippen LogP contribution < -0.4 is 5.56 Å². The molecule has 0 aliphatic rings. The van der Waals surface area contributed by atoms with Gasteiger partial charge < -0.3 is 9.67 Å². The Hall–Kier alpha value is -1.77. The molecule has 0 saturated carbocycles. The Kier molecular flexibility index (Phi) is 2.23. The van der Waals surface area contributed by atoms with Gasteiger partial charge in [-0.1, -0.05) is 13.0 Å². The molecule has 1 aromatic heterocycles. The molecule has 0 spiro atoms. The highest BCUT2D eigenvalue weighted by atomic mass is 16.3. The van der Waals surface area contributed by atoms with Crippen LogP contribution in [0.1, 0.15) is 12.5 Å². The molecule has 1 N–H and O–H groups in total. The molecule has 2 rings (SSSR count). The van der Waals surface area contributed by atoms with Crippen molar-refractivity contribution in [3.63, 3.8) is 0 Å². The fourth-order valence-electron chi connectivity index (χ4n) is 1.71. The minimum Gasteiger partial charge on any atom is -0.507 e. The van der Waals surface area contributed by atoms with Gasteiger partial charge in [-0.2, -0.15) is 0 Å². The molecule has 0 radical (unpaired) electrons. The summed E-state index contributed by atoms with van der Waals surface area (Å²) in [7, 11) is 1.70. The lowest BCUT2D eigenvalue weighted by molar-refractivity contribution is 0.479. The van der Waals surface area contributed by atoms with Gasteiger partial charge >= 0.3 is 0 Å². The van der Waals surface area contributed by atoms with Crippen molar-refractivity contribution in [3.05, 3.63) is 40.2 Å². The van der Waals surface area contributed by atoms with Crippen molar-refractivity contribution < 1.29 is 5.11 Å². The maximum Gasteiger partial charge on any atom is 0.254 e. The van der Waals surface area contributed by atoms with Crippen LogP contribution in [-0.2, 0) is 13.5 Å². The number of pyridine rings is 1. The van der Waals surface area contributed by atoms with Crippen molar-refractivity contribution in [3.8, 4) is 5.75 Å². The standard InChI is InChI=1S/C12H13NO2/c1-3-8-4-5-10-9(6-8)11(14)7-12(15)13(10)2/h4-7,14H,3H2,1-2H3. The minimum atomic E-state index is -0.191. The first-order valence-corrected chi connectivity index (χ1v) is 4.95. The van der Waals surface area contributed by atoms with Gasteiger partial charge in [0.25, 0.3) is 5.56 Å². The molecule has 1 aromatic carbocycles. The van der Waals surface area contributed by atoms with Gasteiger partial charge in [-0.15, -0.1) is 0 Å². The third-order valence-electron chi connectivity index (χ3n) is 2.70. The number of fused-ring (bicyclic) bond motifs is 1. The van der Waals surface area contributed by atoms with Crippen LogP contribution in [-0.4, -0.2) is 9.67 Å². The molecule has 0 amide bonds. The average Bonchev–Trinajstić information content (AvgIpc) is 2.25. The van der Waals surface area contributed by atoms with Crippen molar-refractivity contribution in [2.24, 2.45) is 7.05 Å². The number of aryl methyl sites for hydroxylation is 2. The first-order chi connectivity index (χ1) is 7.13. The summed E-state index contributed by atoms with van der Waals surface area (Å²) in [4.78, 5) is 11.4. The molecule has 3 heteroatoms. The van der Waals surface area contributed by atoms with E-state index in [4.69, 9.17) is 0 Å². The molecule has 0 bridgehead atoms. The summed E-state index contributed by atoms with van der Waals surface area (Å²) >= 11 is 0. The van der Waals surface area contributed by atoms with E-state index in [0.29, 0.717) is 0 Å². The predicted molar refractivity (Wildman–Crippen MR) is 60.2 cm³/mol. The van der Waals surface area contributed by atoms with E-state index in [1.54, 1.807) is 7.05 Å². The molecule has 0 aliphatic carbocycles. The van der Waals surface area contributed by atoms with Crippen LogP contribution in [0, 0.1) is 0 Å². The van der Waals surface area contributed by atoms with E-state index in [0.717, 1.165) is 22.9 Å². The lowest BCUT2D eigenvalue weighted by Crippen LogP contribution is -2.15. The Balaban J connectivity index is 2.90. The molecule has 2 aromatic rings. The largest absolute Gasteiger partial charge is 0.507 e. The lowest BCUT2D eigenvalue weighted by atomic mass is 10.1. The molecule has 1 heterocycles. The van der Waals surface area contributed by atoms with Crippen molar-refractivity contribution in [1.29, 1.82) is 0 Å². The predicted octanol–water partition coefficient (Wildman–Crippen LogP) is 1.81. The maximum atomic E-state index is 11.4. The van der Waals surface area contributed by atoms with E-state index >= 15 is 0 Å². The van der Waals surface area contributed by atoms with Gasteiger partial charge in [0.2, 0.25) is 0 Å². The second-order valence-electron chi connectivity index (χ2n) is 3.63. The normalized spacial score (nSPS) is 10.8. The molecule has 0 fully saturated rings. The Morgan fingerprint density at radius 3 is 2.73 bits per heavy atom. The summed E-state index contributed by atoms with van der Waals surface area (Å²) in [6.07, 6.45) is 0.915. The first kappa shape index (κ1) is 9.77. The smallest absolute Gasteiger partial charge is 0.254 e. The zero-order valence-electron chi connectivity index (χ0n) is 8.82. The molecule has 78 valence electrons. The van der Waals surface area contributed by atoms with Crippen LogP contribution >= 0.6 is 0 Å². The second kappa shape index (κ2) is 3.42. The van der Waals surface area contributed by atoms with E-state index in [2.05, 4.69) is 6.92 Å². The third kappa shape index (κ3) is 1.50. The van der Waals surface area contributed by atoms with Crippen molar-refractivity contribution >= 4 is 10.9 Å². The van der Waals surface area contributed by atoms with E-state index < -0.39 is 0 Å². The first-order valence-electron chi connectivity index (χ1n) is 4.95. The SMILES string of the molecule is CCc1ccc2c(c1)c(O)cc(=O)n2C. The molecule has 0 unspecified atom stereocenters. The van der Waals surface area contributed by atoms with Crippen LogP contribution in [0.2, 0.25) is 0 Å². The fourth-order valence-corrected chi connectivity index (χ4v) is 1.71. The molecule has 0 atom stereocenters. The molecule has 15 heavy (non-hydrogen) atoms. The average molecular weight is 203 g/mol. The second-order valence-corrected chi connectivity index (χ2v) is 3.63. The van der Waals surface area contributed by atoms with Gasteiger partial charge in [0.15, 0.2) is 0 Å². The van der Waals surface area contributed by atoms with Gasteiger partial charge in [-0.3, -0.25) is 4.79 Å². The van der Waals surface area contributed by atoms with Gasteiger partial charge in [0, 0.05) is 18.5 Å².